The van der Waals surface area contributed by atoms with E-state index in [1.165, 1.54) is 0 Å². The zero-order chi connectivity index (χ0) is 14.6. The summed E-state index contributed by atoms with van der Waals surface area (Å²) in [5.41, 5.74) is 7.44. The van der Waals surface area contributed by atoms with Crippen molar-refractivity contribution in [3.05, 3.63) is 29.8 Å². The van der Waals surface area contributed by atoms with Crippen molar-refractivity contribution in [1.82, 2.24) is 5.32 Å². The van der Waals surface area contributed by atoms with E-state index >= 15 is 0 Å². The average molecular weight is 296 g/mol. The van der Waals surface area contributed by atoms with Crippen LogP contribution in [0.4, 0.5) is 5.69 Å². The number of aryl methyl sites for hydroxylation is 1. The molecule has 110 valence electrons. The van der Waals surface area contributed by atoms with Gasteiger partial charge in [-0.3, -0.25) is 4.79 Å². The van der Waals surface area contributed by atoms with Crippen LogP contribution in [-0.4, -0.2) is 31.9 Å². The number of hydrogen-bond acceptors (Lipinski definition) is 4. The third-order valence-electron chi connectivity index (χ3n) is 3.50. The minimum Gasteiger partial charge on any atom is -0.399 e. The van der Waals surface area contributed by atoms with Gasteiger partial charge in [-0.1, -0.05) is 18.2 Å². The van der Waals surface area contributed by atoms with Crippen LogP contribution < -0.4 is 11.1 Å². The highest BCUT2D eigenvalue weighted by molar-refractivity contribution is 7.91. The molecule has 0 saturated carbocycles. The van der Waals surface area contributed by atoms with E-state index in [1.54, 1.807) is 6.07 Å². The first kappa shape index (κ1) is 14.8. The summed E-state index contributed by atoms with van der Waals surface area (Å²) in [5.74, 6) is 0.182. The molecular formula is C14H20N2O3S. The SMILES string of the molecule is Nc1ccccc1CCC(=O)NC1CCCS(=O)(=O)C1. The summed E-state index contributed by atoms with van der Waals surface area (Å²) in [6.45, 7) is 0. The molecule has 1 unspecified atom stereocenters. The number of carbonyl (C=O) groups excluding carboxylic acids is 1. The molecule has 0 bridgehead atoms. The number of para-hydroxylation sites is 1. The maximum atomic E-state index is 11.9. The lowest BCUT2D eigenvalue weighted by molar-refractivity contribution is -0.121. The second-order valence-electron chi connectivity index (χ2n) is 5.22. The van der Waals surface area contributed by atoms with Crippen molar-refractivity contribution in [2.45, 2.75) is 31.7 Å². The summed E-state index contributed by atoms with van der Waals surface area (Å²) in [4.78, 5) is 11.9. The van der Waals surface area contributed by atoms with Gasteiger partial charge in [-0.15, -0.1) is 0 Å². The first-order valence-corrected chi connectivity index (χ1v) is 8.61. The Hall–Kier alpha value is -1.56. The van der Waals surface area contributed by atoms with Gasteiger partial charge in [0.25, 0.3) is 0 Å². The molecule has 1 aromatic carbocycles. The fourth-order valence-electron chi connectivity index (χ4n) is 2.45. The Balaban J connectivity index is 1.83. The molecule has 0 aliphatic carbocycles. The standard InChI is InChI=1S/C14H20N2O3S/c15-13-6-2-1-4-11(13)7-8-14(17)16-12-5-3-9-20(18,19)10-12/h1-2,4,6,12H,3,5,7-10,15H2,(H,16,17). The van der Waals surface area contributed by atoms with Crippen molar-refractivity contribution in [1.29, 1.82) is 0 Å². The van der Waals surface area contributed by atoms with Crippen LogP contribution in [0.3, 0.4) is 0 Å². The van der Waals surface area contributed by atoms with Crippen LogP contribution in [0.1, 0.15) is 24.8 Å². The normalized spacial score (nSPS) is 21.3. The van der Waals surface area contributed by atoms with Crippen molar-refractivity contribution in [2.75, 3.05) is 17.2 Å². The summed E-state index contributed by atoms with van der Waals surface area (Å²) in [6, 6.07) is 7.20. The van der Waals surface area contributed by atoms with Crippen LogP contribution in [0.5, 0.6) is 0 Å². The van der Waals surface area contributed by atoms with E-state index in [0.29, 0.717) is 24.9 Å². The Kier molecular flexibility index (Phi) is 4.65. The van der Waals surface area contributed by atoms with Crippen molar-refractivity contribution in [3.63, 3.8) is 0 Å². The summed E-state index contributed by atoms with van der Waals surface area (Å²) in [6.07, 6.45) is 2.25. The fraction of sp³-hybridized carbons (Fsp3) is 0.500. The van der Waals surface area contributed by atoms with Crippen molar-refractivity contribution >= 4 is 21.4 Å². The van der Waals surface area contributed by atoms with E-state index in [2.05, 4.69) is 5.32 Å². The van der Waals surface area contributed by atoms with Gasteiger partial charge >= 0.3 is 0 Å². The van der Waals surface area contributed by atoms with Crippen LogP contribution in [0, 0.1) is 0 Å². The van der Waals surface area contributed by atoms with Gasteiger partial charge in [-0.2, -0.15) is 0 Å². The van der Waals surface area contributed by atoms with Gasteiger partial charge in [0.1, 0.15) is 0 Å². The van der Waals surface area contributed by atoms with E-state index in [0.717, 1.165) is 12.0 Å². The lowest BCUT2D eigenvalue weighted by Crippen LogP contribution is -2.43. The smallest absolute Gasteiger partial charge is 0.220 e. The number of carbonyl (C=O) groups is 1. The maximum Gasteiger partial charge on any atom is 0.220 e. The van der Waals surface area contributed by atoms with Gasteiger partial charge in [0, 0.05) is 18.2 Å². The summed E-state index contributed by atoms with van der Waals surface area (Å²) in [7, 11) is -2.99. The molecule has 0 aromatic heterocycles. The number of anilines is 1. The molecule has 20 heavy (non-hydrogen) atoms. The van der Waals surface area contributed by atoms with Crippen LogP contribution in [0.2, 0.25) is 0 Å². The average Bonchev–Trinajstić information content (AvgIpc) is 2.36. The highest BCUT2D eigenvalue weighted by Crippen LogP contribution is 2.14. The van der Waals surface area contributed by atoms with Gasteiger partial charge < -0.3 is 11.1 Å². The summed E-state index contributed by atoms with van der Waals surface area (Å²) in [5, 5.41) is 2.81. The third-order valence-corrected chi connectivity index (χ3v) is 5.33. The number of rotatable bonds is 4. The molecule has 0 radical (unpaired) electrons. The molecule has 3 N–H and O–H groups in total. The molecule has 1 saturated heterocycles. The van der Waals surface area contributed by atoms with Crippen molar-refractivity contribution < 1.29 is 13.2 Å². The second-order valence-corrected chi connectivity index (χ2v) is 7.45. The zero-order valence-electron chi connectivity index (χ0n) is 11.3. The minimum absolute atomic E-state index is 0.0617. The molecule has 1 fully saturated rings. The second kappa shape index (κ2) is 6.26. The molecule has 0 spiro atoms. The molecule has 6 heteroatoms. The number of nitrogens with one attached hydrogen (secondary N) is 1. The number of hydrogen-bond donors (Lipinski definition) is 2. The Bertz CT molecular complexity index is 584. The number of nitrogen functional groups attached to an aromatic ring is 1. The lowest BCUT2D eigenvalue weighted by atomic mass is 10.1. The van der Waals surface area contributed by atoms with Crippen LogP contribution in [0.25, 0.3) is 0 Å². The van der Waals surface area contributed by atoms with E-state index in [4.69, 9.17) is 5.73 Å². The Labute approximate surface area is 119 Å². The van der Waals surface area contributed by atoms with Gasteiger partial charge in [0.05, 0.1) is 11.5 Å². The van der Waals surface area contributed by atoms with Gasteiger partial charge in [-0.05, 0) is 30.9 Å². The minimum atomic E-state index is -2.99. The first-order chi connectivity index (χ1) is 9.46. The summed E-state index contributed by atoms with van der Waals surface area (Å²) < 4.78 is 23.0. The van der Waals surface area contributed by atoms with Crippen LogP contribution in [0.15, 0.2) is 24.3 Å². The number of amides is 1. The fourth-order valence-corrected chi connectivity index (χ4v) is 4.08. The maximum absolute atomic E-state index is 11.9. The predicted molar refractivity (Wildman–Crippen MR) is 79.0 cm³/mol. The molecule has 1 aromatic rings. The zero-order valence-corrected chi connectivity index (χ0v) is 12.2. The first-order valence-electron chi connectivity index (χ1n) is 6.79. The molecule has 1 aliphatic heterocycles. The van der Waals surface area contributed by atoms with E-state index in [1.807, 2.05) is 18.2 Å². The molecule has 1 atom stereocenters. The predicted octanol–water partition coefficient (Wildman–Crippen LogP) is 0.895. The third kappa shape index (κ3) is 4.23. The van der Waals surface area contributed by atoms with Crippen LogP contribution in [-0.2, 0) is 21.1 Å². The quantitative estimate of drug-likeness (QED) is 0.808. The Morgan fingerprint density at radius 2 is 2.10 bits per heavy atom. The van der Waals surface area contributed by atoms with Gasteiger partial charge in [0.2, 0.25) is 5.91 Å². The number of sulfone groups is 1. The molecule has 1 aliphatic rings. The highest BCUT2D eigenvalue weighted by atomic mass is 32.2. The van der Waals surface area contributed by atoms with Gasteiger partial charge in [0.15, 0.2) is 9.84 Å². The van der Waals surface area contributed by atoms with E-state index < -0.39 is 9.84 Å². The number of benzene rings is 1. The molecule has 2 rings (SSSR count). The lowest BCUT2D eigenvalue weighted by Gasteiger charge is -2.23. The monoisotopic (exact) mass is 296 g/mol. The molecule has 5 nitrogen and oxygen atoms in total. The molecule has 1 heterocycles. The largest absolute Gasteiger partial charge is 0.399 e. The molecule has 1 amide bonds. The Morgan fingerprint density at radius 1 is 1.35 bits per heavy atom. The summed E-state index contributed by atoms with van der Waals surface area (Å²) >= 11 is 0. The van der Waals surface area contributed by atoms with E-state index in [-0.39, 0.29) is 23.5 Å². The van der Waals surface area contributed by atoms with Crippen molar-refractivity contribution in [3.8, 4) is 0 Å². The van der Waals surface area contributed by atoms with Crippen LogP contribution >= 0.6 is 0 Å². The molecular weight excluding hydrogens is 276 g/mol. The van der Waals surface area contributed by atoms with Crippen molar-refractivity contribution in [2.24, 2.45) is 0 Å². The topological polar surface area (TPSA) is 89.3 Å². The highest BCUT2D eigenvalue weighted by Gasteiger charge is 2.25. The Morgan fingerprint density at radius 3 is 2.80 bits per heavy atom. The van der Waals surface area contributed by atoms with Gasteiger partial charge in [-0.25, -0.2) is 8.42 Å². The van der Waals surface area contributed by atoms with E-state index in [9.17, 15) is 13.2 Å². The number of nitrogens with two attached hydrogens (primary N) is 1.